The van der Waals surface area contributed by atoms with Crippen molar-refractivity contribution in [1.29, 1.82) is 0 Å². The molecule has 2 aromatic rings. The van der Waals surface area contributed by atoms with Crippen molar-refractivity contribution in [3.05, 3.63) is 71.8 Å². The molecule has 0 aliphatic rings. The van der Waals surface area contributed by atoms with E-state index in [1.165, 1.54) is 11.1 Å². The van der Waals surface area contributed by atoms with Crippen LogP contribution in [-0.4, -0.2) is 20.6 Å². The molecule has 0 heterocycles. The summed E-state index contributed by atoms with van der Waals surface area (Å²) in [6.45, 7) is 0.845. The van der Waals surface area contributed by atoms with Gasteiger partial charge in [0, 0.05) is 6.54 Å². The van der Waals surface area contributed by atoms with Crippen LogP contribution in [0.3, 0.4) is 0 Å². The second kappa shape index (κ2) is 5.80. The molecular formula is C16H20N2. The van der Waals surface area contributed by atoms with E-state index in [0.717, 1.165) is 6.54 Å². The predicted octanol–water partition coefficient (Wildman–Crippen LogP) is 2.37. The molecule has 0 spiro atoms. The first kappa shape index (κ1) is 12.8. The van der Waals surface area contributed by atoms with E-state index in [9.17, 15) is 0 Å². The Morgan fingerprint density at radius 1 is 0.778 bits per heavy atom. The summed E-state index contributed by atoms with van der Waals surface area (Å²) in [6.07, 6.45) is 0. The fourth-order valence-electron chi connectivity index (χ4n) is 2.46. The van der Waals surface area contributed by atoms with Crippen molar-refractivity contribution in [2.24, 2.45) is 0 Å². The largest absolute Gasteiger partial charge is 0.317 e. The molecule has 0 aromatic heterocycles. The van der Waals surface area contributed by atoms with Gasteiger partial charge in [-0.3, -0.25) is 0 Å². The lowest BCUT2D eigenvalue weighted by Crippen LogP contribution is -2.48. The van der Waals surface area contributed by atoms with Crippen molar-refractivity contribution < 1.29 is 0 Å². The Hall–Kier alpha value is -1.64. The Kier molecular flexibility index (Phi) is 4.13. The molecule has 0 radical (unpaired) electrons. The van der Waals surface area contributed by atoms with Gasteiger partial charge in [-0.1, -0.05) is 60.7 Å². The molecule has 2 heteroatoms. The maximum Gasteiger partial charge on any atom is 0.0814 e. The van der Waals surface area contributed by atoms with Crippen LogP contribution >= 0.6 is 0 Å². The van der Waals surface area contributed by atoms with Crippen LogP contribution in [0, 0.1) is 0 Å². The highest BCUT2D eigenvalue weighted by atomic mass is 15.0. The summed E-state index contributed by atoms with van der Waals surface area (Å²) in [7, 11) is 4.00. The van der Waals surface area contributed by atoms with Crippen LogP contribution in [0.1, 0.15) is 11.1 Å². The smallest absolute Gasteiger partial charge is 0.0814 e. The van der Waals surface area contributed by atoms with Gasteiger partial charge in [-0.2, -0.15) is 0 Å². The lowest BCUT2D eigenvalue weighted by atomic mass is 9.83. The van der Waals surface area contributed by atoms with E-state index in [2.05, 4.69) is 59.2 Å². The van der Waals surface area contributed by atoms with Crippen LogP contribution in [0.2, 0.25) is 0 Å². The summed E-state index contributed by atoms with van der Waals surface area (Å²) < 4.78 is 0. The molecule has 0 amide bonds. The number of likely N-dealkylation sites (N-methyl/N-ethyl adjacent to an activating group) is 2. The molecule has 0 fully saturated rings. The lowest BCUT2D eigenvalue weighted by molar-refractivity contribution is 0.419. The zero-order valence-corrected chi connectivity index (χ0v) is 11.0. The third-order valence-corrected chi connectivity index (χ3v) is 3.40. The van der Waals surface area contributed by atoms with Gasteiger partial charge in [0.25, 0.3) is 0 Å². The molecule has 0 saturated heterocycles. The van der Waals surface area contributed by atoms with Gasteiger partial charge in [-0.25, -0.2) is 0 Å². The molecule has 18 heavy (non-hydrogen) atoms. The first-order valence-corrected chi connectivity index (χ1v) is 6.28. The number of nitrogens with one attached hydrogen (secondary N) is 2. The summed E-state index contributed by atoms with van der Waals surface area (Å²) in [5, 5.41) is 6.78. The number of benzene rings is 2. The Bertz CT molecular complexity index is 425. The topological polar surface area (TPSA) is 24.1 Å². The molecule has 94 valence electrons. The first-order chi connectivity index (χ1) is 8.83. The van der Waals surface area contributed by atoms with Gasteiger partial charge in [-0.15, -0.1) is 0 Å². The molecule has 0 bridgehead atoms. The van der Waals surface area contributed by atoms with Crippen LogP contribution in [0.5, 0.6) is 0 Å². The van der Waals surface area contributed by atoms with Gasteiger partial charge in [0.1, 0.15) is 0 Å². The normalized spacial score (nSPS) is 11.4. The van der Waals surface area contributed by atoms with Crippen molar-refractivity contribution in [2.45, 2.75) is 5.54 Å². The van der Waals surface area contributed by atoms with E-state index in [-0.39, 0.29) is 5.54 Å². The Morgan fingerprint density at radius 3 is 1.56 bits per heavy atom. The number of hydrogen-bond donors (Lipinski definition) is 2. The fourth-order valence-corrected chi connectivity index (χ4v) is 2.46. The zero-order valence-electron chi connectivity index (χ0n) is 11.0. The molecule has 0 saturated carbocycles. The molecule has 0 aliphatic heterocycles. The summed E-state index contributed by atoms with van der Waals surface area (Å²) in [5.74, 6) is 0. The molecular weight excluding hydrogens is 220 g/mol. The minimum absolute atomic E-state index is 0.183. The van der Waals surface area contributed by atoms with Crippen molar-refractivity contribution in [2.75, 3.05) is 20.6 Å². The quantitative estimate of drug-likeness (QED) is 0.838. The van der Waals surface area contributed by atoms with Gasteiger partial charge in [0.15, 0.2) is 0 Å². The third-order valence-electron chi connectivity index (χ3n) is 3.40. The lowest BCUT2D eigenvalue weighted by Gasteiger charge is -2.34. The van der Waals surface area contributed by atoms with Crippen LogP contribution in [0.4, 0.5) is 0 Å². The average Bonchev–Trinajstić information content (AvgIpc) is 2.47. The molecule has 2 rings (SSSR count). The predicted molar refractivity (Wildman–Crippen MR) is 76.7 cm³/mol. The zero-order chi connectivity index (χ0) is 12.8. The molecule has 0 unspecified atom stereocenters. The number of hydrogen-bond acceptors (Lipinski definition) is 2. The highest BCUT2D eigenvalue weighted by Crippen LogP contribution is 2.28. The van der Waals surface area contributed by atoms with E-state index in [1.807, 2.05) is 26.2 Å². The first-order valence-electron chi connectivity index (χ1n) is 6.28. The summed E-state index contributed by atoms with van der Waals surface area (Å²) in [5.41, 5.74) is 2.36. The van der Waals surface area contributed by atoms with Crippen LogP contribution in [0.25, 0.3) is 0 Å². The van der Waals surface area contributed by atoms with Gasteiger partial charge >= 0.3 is 0 Å². The van der Waals surface area contributed by atoms with Crippen LogP contribution in [-0.2, 0) is 5.54 Å². The fraction of sp³-hybridized carbons (Fsp3) is 0.250. The van der Waals surface area contributed by atoms with Crippen molar-refractivity contribution in [3.63, 3.8) is 0 Å². The van der Waals surface area contributed by atoms with E-state index in [4.69, 9.17) is 0 Å². The summed E-state index contributed by atoms with van der Waals surface area (Å²) >= 11 is 0. The maximum absolute atomic E-state index is 3.49. The Balaban J connectivity index is 2.53. The van der Waals surface area contributed by atoms with E-state index >= 15 is 0 Å². The SMILES string of the molecule is CNCC(NC)(c1ccccc1)c1ccccc1. The highest BCUT2D eigenvalue weighted by molar-refractivity contribution is 5.38. The molecule has 0 aliphatic carbocycles. The molecule has 2 N–H and O–H groups in total. The Labute approximate surface area is 109 Å². The van der Waals surface area contributed by atoms with Gasteiger partial charge in [-0.05, 0) is 25.2 Å². The standard InChI is InChI=1S/C16H20N2/c1-17-13-16(18-2,14-9-5-3-6-10-14)15-11-7-4-8-12-15/h3-12,17-18H,13H2,1-2H3. The monoisotopic (exact) mass is 240 g/mol. The minimum atomic E-state index is -0.183. The molecule has 2 aromatic carbocycles. The second-order valence-corrected chi connectivity index (χ2v) is 4.42. The molecule has 2 nitrogen and oxygen atoms in total. The number of rotatable bonds is 5. The second-order valence-electron chi connectivity index (χ2n) is 4.42. The highest BCUT2D eigenvalue weighted by Gasteiger charge is 2.31. The molecule has 0 atom stereocenters. The minimum Gasteiger partial charge on any atom is -0.317 e. The van der Waals surface area contributed by atoms with Crippen molar-refractivity contribution >= 4 is 0 Å². The van der Waals surface area contributed by atoms with Gasteiger partial charge in [0.05, 0.1) is 5.54 Å². The maximum atomic E-state index is 3.49. The van der Waals surface area contributed by atoms with Crippen LogP contribution in [0.15, 0.2) is 60.7 Å². The van der Waals surface area contributed by atoms with Crippen LogP contribution < -0.4 is 10.6 Å². The van der Waals surface area contributed by atoms with E-state index in [1.54, 1.807) is 0 Å². The van der Waals surface area contributed by atoms with Crippen molar-refractivity contribution in [3.8, 4) is 0 Å². The van der Waals surface area contributed by atoms with Gasteiger partial charge < -0.3 is 10.6 Å². The third kappa shape index (κ3) is 2.30. The Morgan fingerprint density at radius 2 is 1.22 bits per heavy atom. The van der Waals surface area contributed by atoms with Gasteiger partial charge in [0.2, 0.25) is 0 Å². The average molecular weight is 240 g/mol. The summed E-state index contributed by atoms with van der Waals surface area (Å²) in [6, 6.07) is 21.1. The van der Waals surface area contributed by atoms with E-state index in [0.29, 0.717) is 0 Å². The van der Waals surface area contributed by atoms with E-state index < -0.39 is 0 Å². The van der Waals surface area contributed by atoms with Crippen molar-refractivity contribution in [1.82, 2.24) is 10.6 Å². The summed E-state index contributed by atoms with van der Waals surface area (Å²) in [4.78, 5) is 0.